The van der Waals surface area contributed by atoms with Crippen molar-refractivity contribution in [2.75, 3.05) is 10.6 Å². The van der Waals surface area contributed by atoms with Gasteiger partial charge < -0.3 is 15.4 Å². The third-order valence-electron chi connectivity index (χ3n) is 3.23. The number of carbonyl (C=O) groups is 2. The van der Waals surface area contributed by atoms with Crippen molar-refractivity contribution in [2.24, 2.45) is 0 Å². The molecule has 0 atom stereocenters. The van der Waals surface area contributed by atoms with Crippen LogP contribution in [0.4, 0.5) is 15.6 Å². The molecule has 0 radical (unpaired) electrons. The number of H-pyrrole nitrogens is 1. The molecule has 0 aromatic carbocycles. The predicted molar refractivity (Wildman–Crippen MR) is 79.3 cm³/mol. The Balaban J connectivity index is 1.70. The first-order chi connectivity index (χ1) is 10.0. The third kappa shape index (κ3) is 2.75. The summed E-state index contributed by atoms with van der Waals surface area (Å²) in [7, 11) is 0. The lowest BCUT2D eigenvalue weighted by Gasteiger charge is -2.04. The van der Waals surface area contributed by atoms with Crippen molar-refractivity contribution < 1.29 is 14.7 Å². The van der Waals surface area contributed by atoms with E-state index < -0.39 is 12.0 Å². The van der Waals surface area contributed by atoms with E-state index in [4.69, 9.17) is 5.11 Å². The highest BCUT2D eigenvalue weighted by molar-refractivity contribution is 7.15. The molecule has 1 aliphatic rings. The van der Waals surface area contributed by atoms with Crippen molar-refractivity contribution in [3.8, 4) is 0 Å². The number of aryl methyl sites for hydroxylation is 3. The molecular weight excluding hydrogens is 292 g/mol. The van der Waals surface area contributed by atoms with Crippen LogP contribution in [0.1, 0.15) is 33.2 Å². The number of urea groups is 1. The Morgan fingerprint density at radius 1 is 1.38 bits per heavy atom. The first kappa shape index (κ1) is 13.6. The van der Waals surface area contributed by atoms with Crippen LogP contribution in [0.3, 0.4) is 0 Å². The number of nitrogens with one attached hydrogen (secondary N) is 3. The number of carboxylic acids is 1. The summed E-state index contributed by atoms with van der Waals surface area (Å²) >= 11 is 1.47. The molecule has 2 aromatic rings. The molecule has 0 bridgehead atoms. The van der Waals surface area contributed by atoms with Crippen molar-refractivity contribution in [1.82, 2.24) is 9.97 Å². The summed E-state index contributed by atoms with van der Waals surface area (Å²) in [6, 6.07) is 1.08. The quantitative estimate of drug-likeness (QED) is 0.699. The van der Waals surface area contributed by atoms with Crippen LogP contribution in [0, 0.1) is 6.92 Å². The molecule has 0 saturated carbocycles. The van der Waals surface area contributed by atoms with Crippen LogP contribution in [0.2, 0.25) is 0 Å². The van der Waals surface area contributed by atoms with Crippen molar-refractivity contribution >= 4 is 34.2 Å². The number of anilines is 2. The lowest BCUT2D eigenvalue weighted by atomic mass is 10.3. The van der Waals surface area contributed by atoms with E-state index in [1.807, 2.05) is 0 Å². The maximum atomic E-state index is 11.9. The highest BCUT2D eigenvalue weighted by atomic mass is 32.1. The maximum absolute atomic E-state index is 11.9. The number of thiazole rings is 1. The molecule has 21 heavy (non-hydrogen) atoms. The van der Waals surface area contributed by atoms with Gasteiger partial charge >= 0.3 is 12.0 Å². The van der Waals surface area contributed by atoms with Gasteiger partial charge in [0.05, 0.1) is 11.4 Å². The van der Waals surface area contributed by atoms with Gasteiger partial charge in [-0.25, -0.2) is 14.6 Å². The zero-order valence-corrected chi connectivity index (χ0v) is 12.1. The molecular formula is C13H14N4O3S. The number of rotatable bonds is 3. The molecule has 110 valence electrons. The molecule has 7 nitrogen and oxygen atoms in total. The second-order valence-electron chi connectivity index (χ2n) is 4.87. The van der Waals surface area contributed by atoms with Crippen LogP contribution < -0.4 is 10.6 Å². The molecule has 4 N–H and O–H groups in total. The number of aromatic carboxylic acids is 1. The maximum Gasteiger partial charge on any atom is 0.354 e. The molecule has 2 heterocycles. The molecule has 3 rings (SSSR count). The van der Waals surface area contributed by atoms with E-state index in [9.17, 15) is 9.59 Å². The van der Waals surface area contributed by atoms with E-state index in [2.05, 4.69) is 20.6 Å². The van der Waals surface area contributed by atoms with Crippen molar-refractivity contribution in [1.29, 1.82) is 0 Å². The van der Waals surface area contributed by atoms with Gasteiger partial charge in [0.2, 0.25) is 0 Å². The number of carbonyl (C=O) groups excluding carboxylic acids is 1. The normalized spacial score (nSPS) is 13.0. The standard InChI is InChI=1S/C13H14N4O3S/c1-6-5-8(10(14-6)11(18)19)15-12(20)17-13-16-7-3-2-4-9(7)21-13/h5,14H,2-4H2,1H3,(H,18,19)(H2,15,16,17,20). The van der Waals surface area contributed by atoms with E-state index in [0.717, 1.165) is 25.0 Å². The Labute approximate surface area is 124 Å². The van der Waals surface area contributed by atoms with E-state index >= 15 is 0 Å². The smallest absolute Gasteiger partial charge is 0.354 e. The van der Waals surface area contributed by atoms with Gasteiger partial charge in [-0.2, -0.15) is 0 Å². The van der Waals surface area contributed by atoms with Crippen LogP contribution >= 0.6 is 11.3 Å². The summed E-state index contributed by atoms with van der Waals surface area (Å²) in [5, 5.41) is 14.8. The fourth-order valence-electron chi connectivity index (χ4n) is 2.35. The van der Waals surface area contributed by atoms with Gasteiger partial charge in [-0.3, -0.25) is 5.32 Å². The van der Waals surface area contributed by atoms with Gasteiger partial charge in [-0.05, 0) is 32.3 Å². The molecule has 0 spiro atoms. The predicted octanol–water partition coefficient (Wildman–Crippen LogP) is 2.61. The second kappa shape index (κ2) is 5.21. The minimum Gasteiger partial charge on any atom is -0.477 e. The Bertz CT molecular complexity index is 698. The van der Waals surface area contributed by atoms with Crippen LogP contribution in [0.5, 0.6) is 0 Å². The fraction of sp³-hybridized carbons (Fsp3) is 0.308. The van der Waals surface area contributed by atoms with Crippen LogP contribution in [0.15, 0.2) is 6.07 Å². The van der Waals surface area contributed by atoms with Gasteiger partial charge in [0.15, 0.2) is 5.13 Å². The number of nitrogens with zero attached hydrogens (tertiary/aromatic N) is 1. The van der Waals surface area contributed by atoms with Gasteiger partial charge in [0, 0.05) is 10.6 Å². The summed E-state index contributed by atoms with van der Waals surface area (Å²) in [5.74, 6) is -1.12. The number of aromatic amines is 1. The summed E-state index contributed by atoms with van der Waals surface area (Å²) in [6.07, 6.45) is 3.08. The minimum absolute atomic E-state index is 0.0377. The topological polar surface area (TPSA) is 107 Å². The number of hydrogen-bond donors (Lipinski definition) is 4. The average Bonchev–Trinajstić information content (AvgIpc) is 3.03. The molecule has 1 aliphatic carbocycles. The van der Waals surface area contributed by atoms with Gasteiger partial charge in [-0.1, -0.05) is 0 Å². The first-order valence-electron chi connectivity index (χ1n) is 6.52. The molecule has 0 unspecified atom stereocenters. The molecule has 2 amide bonds. The highest BCUT2D eigenvalue weighted by Crippen LogP contribution is 2.30. The van der Waals surface area contributed by atoms with Gasteiger partial charge in [-0.15, -0.1) is 11.3 Å². The van der Waals surface area contributed by atoms with E-state index in [0.29, 0.717) is 10.8 Å². The minimum atomic E-state index is -1.12. The highest BCUT2D eigenvalue weighted by Gasteiger charge is 2.19. The Hall–Kier alpha value is -2.35. The van der Waals surface area contributed by atoms with Gasteiger partial charge in [0.1, 0.15) is 5.69 Å². The zero-order valence-electron chi connectivity index (χ0n) is 11.3. The number of amides is 2. The van der Waals surface area contributed by atoms with Crippen LogP contribution in [-0.2, 0) is 12.8 Å². The number of fused-ring (bicyclic) bond motifs is 1. The zero-order chi connectivity index (χ0) is 15.0. The lowest BCUT2D eigenvalue weighted by Crippen LogP contribution is -2.20. The molecule has 2 aromatic heterocycles. The molecule has 0 aliphatic heterocycles. The monoisotopic (exact) mass is 306 g/mol. The first-order valence-corrected chi connectivity index (χ1v) is 7.34. The van der Waals surface area contributed by atoms with E-state index in [1.54, 1.807) is 13.0 Å². The Kier molecular flexibility index (Phi) is 3.38. The van der Waals surface area contributed by atoms with Crippen molar-refractivity contribution in [2.45, 2.75) is 26.2 Å². The SMILES string of the molecule is Cc1cc(NC(=O)Nc2nc3c(s2)CCC3)c(C(=O)O)[nH]1. The largest absolute Gasteiger partial charge is 0.477 e. The van der Waals surface area contributed by atoms with E-state index in [-0.39, 0.29) is 11.4 Å². The van der Waals surface area contributed by atoms with Crippen molar-refractivity contribution in [3.63, 3.8) is 0 Å². The Morgan fingerprint density at radius 2 is 2.19 bits per heavy atom. The van der Waals surface area contributed by atoms with Crippen LogP contribution in [-0.4, -0.2) is 27.1 Å². The summed E-state index contributed by atoms with van der Waals surface area (Å²) in [5.41, 5.74) is 1.92. The molecule has 0 fully saturated rings. The molecule has 8 heteroatoms. The average molecular weight is 306 g/mol. The summed E-state index contributed by atoms with van der Waals surface area (Å²) in [4.78, 5) is 31.3. The fourth-order valence-corrected chi connectivity index (χ4v) is 3.40. The van der Waals surface area contributed by atoms with Crippen molar-refractivity contribution in [3.05, 3.63) is 28.0 Å². The third-order valence-corrected chi connectivity index (χ3v) is 4.30. The van der Waals surface area contributed by atoms with E-state index in [1.165, 1.54) is 16.2 Å². The summed E-state index contributed by atoms with van der Waals surface area (Å²) < 4.78 is 0. The van der Waals surface area contributed by atoms with Crippen LogP contribution in [0.25, 0.3) is 0 Å². The van der Waals surface area contributed by atoms with Gasteiger partial charge in [0.25, 0.3) is 0 Å². The number of aromatic nitrogens is 2. The molecule has 0 saturated heterocycles. The summed E-state index contributed by atoms with van der Waals surface area (Å²) in [6.45, 7) is 1.72. The second-order valence-corrected chi connectivity index (χ2v) is 5.95. The number of hydrogen-bond acceptors (Lipinski definition) is 4. The Morgan fingerprint density at radius 3 is 2.90 bits per heavy atom. The lowest BCUT2D eigenvalue weighted by molar-refractivity contribution is 0.0692. The number of carboxylic acid groups (broad SMARTS) is 1.